The molecular weight excluding hydrogens is 278 g/mol. The van der Waals surface area contributed by atoms with Crippen LogP contribution in [0.15, 0.2) is 72.2 Å². The number of rotatable bonds is 5. The fourth-order valence-corrected chi connectivity index (χ4v) is 2.62. The predicted molar refractivity (Wildman–Crippen MR) is 104 cm³/mol. The summed E-state index contributed by atoms with van der Waals surface area (Å²) >= 11 is 0. The Kier molecular flexibility index (Phi) is 6.04. The number of allylic oxidation sites excluding steroid dienone is 8. The molecule has 0 radical (unpaired) electrons. The first-order valence-electron chi connectivity index (χ1n) is 8.32. The van der Waals surface area contributed by atoms with Crippen molar-refractivity contribution in [2.75, 3.05) is 6.54 Å². The van der Waals surface area contributed by atoms with Crippen LogP contribution in [0.5, 0.6) is 0 Å². The van der Waals surface area contributed by atoms with Crippen LogP contribution in [-0.2, 0) is 0 Å². The van der Waals surface area contributed by atoms with E-state index < -0.39 is 0 Å². The predicted octanol–water partition coefficient (Wildman–Crippen LogP) is 6.41. The van der Waals surface area contributed by atoms with E-state index in [1.165, 1.54) is 16.8 Å². The van der Waals surface area contributed by atoms with E-state index in [2.05, 4.69) is 96.9 Å². The molecule has 1 heteroatoms. The molecule has 0 N–H and O–H groups in total. The van der Waals surface area contributed by atoms with Gasteiger partial charge in [-0.05, 0) is 33.3 Å². The molecule has 1 aliphatic carbocycles. The molecule has 0 spiro atoms. The fourth-order valence-electron chi connectivity index (χ4n) is 2.62. The van der Waals surface area contributed by atoms with Crippen LogP contribution in [0, 0.1) is 10.8 Å². The normalized spacial score (nSPS) is 24.0. The molecular formula is C22H33N. The Morgan fingerprint density at radius 2 is 1.70 bits per heavy atom. The zero-order chi connectivity index (χ0) is 17.8. The monoisotopic (exact) mass is 311 g/mol. The summed E-state index contributed by atoms with van der Waals surface area (Å²) < 4.78 is 0. The van der Waals surface area contributed by atoms with Gasteiger partial charge >= 0.3 is 0 Å². The summed E-state index contributed by atoms with van der Waals surface area (Å²) in [6.07, 6.45) is 13.3. The maximum atomic E-state index is 4.18. The first-order valence-corrected chi connectivity index (χ1v) is 8.32. The molecule has 1 aliphatic rings. The van der Waals surface area contributed by atoms with E-state index in [4.69, 9.17) is 0 Å². The van der Waals surface area contributed by atoms with Crippen LogP contribution in [0.1, 0.15) is 48.5 Å². The molecule has 0 bridgehead atoms. The highest BCUT2D eigenvalue weighted by Gasteiger charge is 2.26. The molecule has 0 fully saturated rings. The van der Waals surface area contributed by atoms with Gasteiger partial charge in [-0.25, -0.2) is 0 Å². The van der Waals surface area contributed by atoms with Crippen LogP contribution in [0.2, 0.25) is 0 Å². The van der Waals surface area contributed by atoms with Crippen molar-refractivity contribution in [1.82, 2.24) is 4.90 Å². The fraction of sp³-hybridized carbons (Fsp3) is 0.455. The molecule has 0 aromatic heterocycles. The largest absolute Gasteiger partial charge is 0.349 e. The molecule has 0 heterocycles. The Bertz CT molecular complexity index is 591. The van der Waals surface area contributed by atoms with E-state index in [1.807, 2.05) is 6.08 Å². The van der Waals surface area contributed by atoms with Gasteiger partial charge in [0, 0.05) is 28.8 Å². The molecule has 0 saturated carbocycles. The van der Waals surface area contributed by atoms with Gasteiger partial charge in [0.15, 0.2) is 0 Å². The van der Waals surface area contributed by atoms with Gasteiger partial charge < -0.3 is 4.90 Å². The van der Waals surface area contributed by atoms with Crippen molar-refractivity contribution < 1.29 is 0 Å². The van der Waals surface area contributed by atoms with Gasteiger partial charge in [-0.1, -0.05) is 76.0 Å². The van der Waals surface area contributed by atoms with Crippen LogP contribution in [0.3, 0.4) is 0 Å². The van der Waals surface area contributed by atoms with Crippen LogP contribution >= 0.6 is 0 Å². The van der Waals surface area contributed by atoms with Crippen molar-refractivity contribution in [3.05, 3.63) is 72.2 Å². The highest BCUT2D eigenvalue weighted by Crippen LogP contribution is 2.33. The number of hydrogen-bond donors (Lipinski definition) is 0. The van der Waals surface area contributed by atoms with E-state index >= 15 is 0 Å². The van der Waals surface area contributed by atoms with Crippen molar-refractivity contribution in [2.45, 2.75) is 48.5 Å². The third-order valence-corrected chi connectivity index (χ3v) is 4.42. The molecule has 0 amide bonds. The van der Waals surface area contributed by atoms with Gasteiger partial charge in [0.2, 0.25) is 0 Å². The Hall–Kier alpha value is -1.76. The molecule has 1 atom stereocenters. The second-order valence-corrected chi connectivity index (χ2v) is 7.75. The Morgan fingerprint density at radius 1 is 1.09 bits per heavy atom. The van der Waals surface area contributed by atoms with E-state index in [1.54, 1.807) is 0 Å². The highest BCUT2D eigenvalue weighted by molar-refractivity contribution is 5.37. The summed E-state index contributed by atoms with van der Waals surface area (Å²) in [5.74, 6) is 0. The van der Waals surface area contributed by atoms with Gasteiger partial charge in [0.1, 0.15) is 0 Å². The molecule has 23 heavy (non-hydrogen) atoms. The molecule has 126 valence electrons. The lowest BCUT2D eigenvalue weighted by atomic mass is 9.80. The molecule has 1 rings (SSSR count). The van der Waals surface area contributed by atoms with Crippen molar-refractivity contribution in [3.63, 3.8) is 0 Å². The van der Waals surface area contributed by atoms with Gasteiger partial charge in [-0.2, -0.15) is 0 Å². The van der Waals surface area contributed by atoms with Gasteiger partial charge in [0.05, 0.1) is 0 Å². The third kappa shape index (κ3) is 5.42. The van der Waals surface area contributed by atoms with Crippen LogP contribution in [0.25, 0.3) is 0 Å². The minimum atomic E-state index is -0.0821. The molecule has 1 unspecified atom stereocenters. The average Bonchev–Trinajstić information content (AvgIpc) is 2.45. The molecule has 0 aliphatic heterocycles. The van der Waals surface area contributed by atoms with Crippen LogP contribution < -0.4 is 0 Å². The average molecular weight is 312 g/mol. The molecule has 1 nitrogen and oxygen atoms in total. The van der Waals surface area contributed by atoms with Crippen molar-refractivity contribution in [3.8, 4) is 0 Å². The minimum absolute atomic E-state index is 0.0450. The Balaban J connectivity index is 3.33. The highest BCUT2D eigenvalue weighted by atomic mass is 15.1. The van der Waals surface area contributed by atoms with E-state index in [9.17, 15) is 0 Å². The first-order chi connectivity index (χ1) is 10.5. The van der Waals surface area contributed by atoms with Crippen molar-refractivity contribution in [1.29, 1.82) is 0 Å². The Morgan fingerprint density at radius 3 is 2.17 bits per heavy atom. The molecule has 0 aromatic rings. The van der Waals surface area contributed by atoms with Crippen molar-refractivity contribution >= 4 is 0 Å². The standard InChI is InChI=1S/C22H33N/c1-10-20-11-12-21(7,8)13-14-22(9,15-20)16-23(18(4)5)19(6)17(2)3/h10-15H,1,4,16H2,2-3,5-9H3/b12-11?,14-13-,20-15?. The number of hydrogen-bond acceptors (Lipinski definition) is 1. The number of nitrogens with zero attached hydrogens (tertiary/aromatic N) is 1. The molecule has 0 saturated heterocycles. The van der Waals surface area contributed by atoms with E-state index in [0.717, 1.165) is 12.2 Å². The summed E-state index contributed by atoms with van der Waals surface area (Å²) in [5.41, 5.74) is 4.80. The lowest BCUT2D eigenvalue weighted by Crippen LogP contribution is -2.32. The second-order valence-electron chi connectivity index (χ2n) is 7.75. The third-order valence-electron chi connectivity index (χ3n) is 4.42. The maximum absolute atomic E-state index is 4.18. The quantitative estimate of drug-likeness (QED) is 0.530. The second kappa shape index (κ2) is 7.21. The minimum Gasteiger partial charge on any atom is -0.349 e. The topological polar surface area (TPSA) is 3.24 Å². The first kappa shape index (κ1) is 19.3. The van der Waals surface area contributed by atoms with Gasteiger partial charge in [0.25, 0.3) is 0 Å². The van der Waals surface area contributed by atoms with E-state index in [-0.39, 0.29) is 10.8 Å². The SMILES string of the molecule is C=CC1=CC(C)(CN(C(=C)C)C(C)=C(C)C)/C=C\C(C)(C)C=C1. The Labute approximate surface area is 143 Å². The van der Waals surface area contributed by atoms with E-state index in [0.29, 0.717) is 0 Å². The molecule has 0 aromatic carbocycles. The smallest absolute Gasteiger partial charge is 0.0348 e. The summed E-state index contributed by atoms with van der Waals surface area (Å²) in [4.78, 5) is 2.31. The zero-order valence-electron chi connectivity index (χ0n) is 16.0. The summed E-state index contributed by atoms with van der Waals surface area (Å²) in [5, 5.41) is 0. The lowest BCUT2D eigenvalue weighted by Gasteiger charge is -2.36. The zero-order valence-corrected chi connectivity index (χ0v) is 16.0. The summed E-state index contributed by atoms with van der Waals surface area (Å²) in [6, 6.07) is 0. The van der Waals surface area contributed by atoms with Crippen LogP contribution in [0.4, 0.5) is 0 Å². The maximum Gasteiger partial charge on any atom is 0.0348 e. The lowest BCUT2D eigenvalue weighted by molar-refractivity contribution is 0.331. The van der Waals surface area contributed by atoms with Crippen molar-refractivity contribution in [2.24, 2.45) is 10.8 Å². The summed E-state index contributed by atoms with van der Waals surface area (Å²) in [7, 11) is 0. The van der Waals surface area contributed by atoms with Gasteiger partial charge in [-0.3, -0.25) is 0 Å². The summed E-state index contributed by atoms with van der Waals surface area (Å²) in [6.45, 7) is 24.3. The van der Waals surface area contributed by atoms with Gasteiger partial charge in [-0.15, -0.1) is 0 Å². The van der Waals surface area contributed by atoms with Crippen LogP contribution in [-0.4, -0.2) is 11.4 Å².